The minimum Gasteiger partial charge on any atom is -0.469 e. The fraction of sp³-hybridized carbons (Fsp3) is 0.818. The molecule has 0 spiro atoms. The first-order valence-electron chi connectivity index (χ1n) is 5.43. The molecule has 1 N–H and O–H groups in total. The molecule has 92 valence electrons. The Bertz CT molecular complexity index is 288. The molecule has 0 saturated carbocycles. The molecule has 0 bridgehead atoms. The van der Waals surface area contributed by atoms with Gasteiger partial charge in [-0.1, -0.05) is 0 Å². The van der Waals surface area contributed by atoms with Crippen molar-refractivity contribution >= 4 is 11.8 Å². The van der Waals surface area contributed by atoms with Crippen LogP contribution in [0, 0.1) is 0 Å². The minimum atomic E-state index is -0.546. The molecule has 0 aromatic rings. The number of methoxy groups -OCH3 is 1. The van der Waals surface area contributed by atoms with E-state index in [1.54, 1.807) is 0 Å². The van der Waals surface area contributed by atoms with Gasteiger partial charge in [-0.3, -0.25) is 9.59 Å². The maximum absolute atomic E-state index is 11.5. The lowest BCUT2D eigenvalue weighted by atomic mass is 9.86. The van der Waals surface area contributed by atoms with Gasteiger partial charge in [-0.2, -0.15) is 5.06 Å². The Balaban J connectivity index is 2.58. The summed E-state index contributed by atoms with van der Waals surface area (Å²) in [6.07, 6.45) is 1.31. The number of esters is 1. The summed E-state index contributed by atoms with van der Waals surface area (Å²) in [5.41, 5.74) is -0.546. The van der Waals surface area contributed by atoms with Crippen LogP contribution >= 0.6 is 0 Å². The van der Waals surface area contributed by atoms with Crippen LogP contribution in [0.1, 0.15) is 39.5 Å². The highest BCUT2D eigenvalue weighted by Gasteiger charge is 2.39. The predicted molar refractivity (Wildman–Crippen MR) is 57.0 cm³/mol. The molecule has 1 aliphatic heterocycles. The van der Waals surface area contributed by atoms with E-state index < -0.39 is 5.54 Å². The third kappa shape index (κ3) is 3.02. The smallest absolute Gasteiger partial charge is 0.305 e. The van der Waals surface area contributed by atoms with Crippen LogP contribution in [0.2, 0.25) is 0 Å². The topological polar surface area (TPSA) is 66.8 Å². The number of hydrogen-bond donors (Lipinski definition) is 1. The largest absolute Gasteiger partial charge is 0.469 e. The number of carbonyl (C=O) groups excluding carboxylic acids is 2. The summed E-state index contributed by atoms with van der Waals surface area (Å²) in [4.78, 5) is 22.5. The van der Waals surface area contributed by atoms with E-state index in [4.69, 9.17) is 0 Å². The van der Waals surface area contributed by atoms with E-state index in [-0.39, 0.29) is 24.2 Å². The van der Waals surface area contributed by atoms with E-state index in [1.165, 1.54) is 12.2 Å². The van der Waals surface area contributed by atoms with Gasteiger partial charge in [0, 0.05) is 30.8 Å². The van der Waals surface area contributed by atoms with Gasteiger partial charge in [-0.25, -0.2) is 0 Å². The maximum Gasteiger partial charge on any atom is 0.305 e. The maximum atomic E-state index is 11.5. The van der Waals surface area contributed by atoms with Gasteiger partial charge >= 0.3 is 5.97 Å². The van der Waals surface area contributed by atoms with Gasteiger partial charge in [0.2, 0.25) is 0 Å². The van der Waals surface area contributed by atoms with Crippen molar-refractivity contribution in [2.75, 3.05) is 7.11 Å². The molecule has 1 saturated heterocycles. The SMILES string of the molecule is COC(=O)CCC1CC(=O)CC(C)(C)N1O. The quantitative estimate of drug-likeness (QED) is 0.735. The van der Waals surface area contributed by atoms with Gasteiger partial charge in [0.1, 0.15) is 5.78 Å². The second kappa shape index (κ2) is 4.93. The monoisotopic (exact) mass is 229 g/mol. The lowest BCUT2D eigenvalue weighted by Gasteiger charge is -2.42. The van der Waals surface area contributed by atoms with E-state index in [0.29, 0.717) is 19.3 Å². The molecule has 5 heteroatoms. The second-order valence-electron chi connectivity index (χ2n) is 4.85. The van der Waals surface area contributed by atoms with Gasteiger partial charge in [-0.05, 0) is 20.3 Å². The summed E-state index contributed by atoms with van der Waals surface area (Å²) >= 11 is 0. The molecule has 0 aliphatic carbocycles. The Morgan fingerprint density at radius 2 is 2.25 bits per heavy atom. The lowest BCUT2D eigenvalue weighted by Crippen LogP contribution is -2.54. The number of piperidine rings is 1. The van der Waals surface area contributed by atoms with Crippen LogP contribution < -0.4 is 0 Å². The number of rotatable bonds is 3. The summed E-state index contributed by atoms with van der Waals surface area (Å²) in [7, 11) is 1.33. The lowest BCUT2D eigenvalue weighted by molar-refractivity contribution is -0.211. The van der Waals surface area contributed by atoms with E-state index >= 15 is 0 Å². The summed E-state index contributed by atoms with van der Waals surface area (Å²) in [6, 6.07) is -0.282. The highest BCUT2D eigenvalue weighted by atomic mass is 16.5. The van der Waals surface area contributed by atoms with Gasteiger partial charge in [0.15, 0.2) is 0 Å². The molecule has 16 heavy (non-hydrogen) atoms. The fourth-order valence-electron chi connectivity index (χ4n) is 2.09. The zero-order valence-electron chi connectivity index (χ0n) is 10.0. The molecule has 1 unspecified atom stereocenters. The third-order valence-electron chi connectivity index (χ3n) is 2.97. The van der Waals surface area contributed by atoms with Crippen LogP contribution in [0.4, 0.5) is 0 Å². The van der Waals surface area contributed by atoms with Crippen molar-refractivity contribution in [3.05, 3.63) is 0 Å². The van der Waals surface area contributed by atoms with Crippen molar-refractivity contribution in [3.63, 3.8) is 0 Å². The summed E-state index contributed by atoms with van der Waals surface area (Å²) in [6.45, 7) is 3.63. The Hall–Kier alpha value is -0.940. The van der Waals surface area contributed by atoms with Crippen LogP contribution in [0.3, 0.4) is 0 Å². The molecule has 5 nitrogen and oxygen atoms in total. The van der Waals surface area contributed by atoms with Crippen molar-refractivity contribution in [1.82, 2.24) is 5.06 Å². The molecule has 0 aromatic carbocycles. The van der Waals surface area contributed by atoms with Crippen molar-refractivity contribution in [1.29, 1.82) is 0 Å². The average molecular weight is 229 g/mol. The van der Waals surface area contributed by atoms with Crippen LogP contribution in [-0.2, 0) is 14.3 Å². The second-order valence-corrected chi connectivity index (χ2v) is 4.85. The predicted octanol–water partition coefficient (Wildman–Crippen LogP) is 1.14. The first-order valence-corrected chi connectivity index (χ1v) is 5.43. The van der Waals surface area contributed by atoms with Crippen molar-refractivity contribution in [3.8, 4) is 0 Å². The van der Waals surface area contributed by atoms with Gasteiger partial charge < -0.3 is 9.94 Å². The number of carbonyl (C=O) groups is 2. The van der Waals surface area contributed by atoms with E-state index in [2.05, 4.69) is 4.74 Å². The Morgan fingerprint density at radius 3 is 2.81 bits per heavy atom. The number of ketones is 1. The highest BCUT2D eigenvalue weighted by Crippen LogP contribution is 2.29. The Labute approximate surface area is 95.3 Å². The number of hydrogen-bond acceptors (Lipinski definition) is 5. The first-order chi connectivity index (χ1) is 7.36. The number of hydroxylamine groups is 2. The van der Waals surface area contributed by atoms with Crippen LogP contribution in [0.5, 0.6) is 0 Å². The summed E-state index contributed by atoms with van der Waals surface area (Å²) in [5, 5.41) is 11.1. The van der Waals surface area contributed by atoms with Crippen LogP contribution in [-0.4, -0.2) is 40.7 Å². The van der Waals surface area contributed by atoms with E-state index in [9.17, 15) is 14.8 Å². The molecule has 1 rings (SSSR count). The molecular formula is C11H19NO4. The first kappa shape index (κ1) is 13.1. The summed E-state index contributed by atoms with van der Waals surface area (Å²) in [5.74, 6) is -0.186. The third-order valence-corrected chi connectivity index (χ3v) is 2.97. The molecular weight excluding hydrogens is 210 g/mol. The van der Waals surface area contributed by atoms with Gasteiger partial charge in [-0.15, -0.1) is 0 Å². The number of nitrogens with zero attached hydrogens (tertiary/aromatic N) is 1. The zero-order valence-corrected chi connectivity index (χ0v) is 10.0. The molecule has 1 fully saturated rings. The van der Waals surface area contributed by atoms with E-state index in [0.717, 1.165) is 0 Å². The standard InChI is InChI=1S/C11H19NO4/c1-11(2)7-9(13)6-8(12(11)15)4-5-10(14)16-3/h8,15H,4-7H2,1-3H3. The average Bonchev–Trinajstić information content (AvgIpc) is 2.20. The molecule has 1 atom stereocenters. The van der Waals surface area contributed by atoms with E-state index in [1.807, 2.05) is 13.8 Å². The molecule has 0 amide bonds. The van der Waals surface area contributed by atoms with Gasteiger partial charge in [0.25, 0.3) is 0 Å². The van der Waals surface area contributed by atoms with Gasteiger partial charge in [0.05, 0.1) is 7.11 Å². The molecule has 1 aliphatic rings. The normalized spacial score (nSPS) is 25.5. The van der Waals surface area contributed by atoms with Crippen molar-refractivity contribution < 1.29 is 19.5 Å². The fourth-order valence-corrected chi connectivity index (χ4v) is 2.09. The molecule has 0 aromatic heterocycles. The van der Waals surface area contributed by atoms with Crippen LogP contribution in [0.25, 0.3) is 0 Å². The summed E-state index contributed by atoms with van der Waals surface area (Å²) < 4.78 is 4.53. The highest BCUT2D eigenvalue weighted by molar-refractivity contribution is 5.81. The minimum absolute atomic E-state index is 0.130. The van der Waals surface area contributed by atoms with Crippen molar-refractivity contribution in [2.45, 2.75) is 51.1 Å². The molecule has 1 heterocycles. The zero-order chi connectivity index (χ0) is 12.3. The number of ether oxygens (including phenoxy) is 1. The Morgan fingerprint density at radius 1 is 1.62 bits per heavy atom. The Kier molecular flexibility index (Phi) is 4.04. The van der Waals surface area contributed by atoms with Crippen LogP contribution in [0.15, 0.2) is 0 Å². The molecule has 0 radical (unpaired) electrons. The number of Topliss-reactive ketones (excluding diaryl/α,β-unsaturated/α-hetero) is 1. The van der Waals surface area contributed by atoms with Crippen molar-refractivity contribution in [2.24, 2.45) is 0 Å².